The molecule has 0 spiro atoms. The third-order valence-corrected chi connectivity index (χ3v) is 5.56. The third-order valence-electron chi connectivity index (χ3n) is 5.30. The van der Waals surface area contributed by atoms with Crippen molar-refractivity contribution in [3.63, 3.8) is 0 Å². The van der Waals surface area contributed by atoms with Gasteiger partial charge >= 0.3 is 0 Å². The van der Waals surface area contributed by atoms with Crippen LogP contribution < -0.4 is 10.9 Å². The van der Waals surface area contributed by atoms with Crippen LogP contribution in [0.1, 0.15) is 18.4 Å². The number of likely N-dealkylation sites (tertiary alicyclic amines) is 1. The largest absolute Gasteiger partial charge is 0.352 e. The Labute approximate surface area is 173 Å². The fourth-order valence-electron chi connectivity index (χ4n) is 3.69. The van der Waals surface area contributed by atoms with Crippen LogP contribution >= 0.6 is 11.6 Å². The molecule has 1 amide bonds. The Balaban J connectivity index is 1.29. The van der Waals surface area contributed by atoms with Gasteiger partial charge in [0.2, 0.25) is 5.91 Å². The van der Waals surface area contributed by atoms with E-state index in [2.05, 4.69) is 20.3 Å². The average Bonchev–Trinajstić information content (AvgIpc) is 3.09. The second-order valence-electron chi connectivity index (χ2n) is 7.43. The van der Waals surface area contributed by atoms with Gasteiger partial charge in [-0.1, -0.05) is 23.7 Å². The lowest BCUT2D eigenvalue weighted by Crippen LogP contribution is -2.45. The lowest BCUT2D eigenvalue weighted by atomic mass is 10.0. The Bertz CT molecular complexity index is 1070. The molecule has 0 aliphatic carbocycles. The van der Waals surface area contributed by atoms with Gasteiger partial charge in [-0.25, -0.2) is 4.98 Å². The second kappa shape index (κ2) is 8.34. The van der Waals surface area contributed by atoms with Crippen LogP contribution in [0.4, 0.5) is 0 Å². The monoisotopic (exact) mass is 414 g/mol. The molecule has 1 saturated heterocycles. The zero-order valence-corrected chi connectivity index (χ0v) is 17.0. The molecule has 1 fully saturated rings. The van der Waals surface area contributed by atoms with Gasteiger partial charge in [0.1, 0.15) is 18.3 Å². The number of aryl methyl sites for hydroxylation is 1. The number of piperidine rings is 1. The SMILES string of the molecule is Cn1ncc2c(=O)n(CC(=O)NC3CCN(Cc4ccc(Cl)cc4)CC3)cnc21. The molecule has 0 unspecified atom stereocenters. The average molecular weight is 415 g/mol. The van der Waals surface area contributed by atoms with Crippen LogP contribution in [0.2, 0.25) is 5.02 Å². The first-order chi connectivity index (χ1) is 14.0. The number of nitrogens with one attached hydrogen (secondary N) is 1. The van der Waals surface area contributed by atoms with Crippen molar-refractivity contribution in [1.29, 1.82) is 0 Å². The summed E-state index contributed by atoms with van der Waals surface area (Å²) in [6, 6.07) is 8.02. The van der Waals surface area contributed by atoms with Gasteiger partial charge in [-0.3, -0.25) is 23.7 Å². The standard InChI is InChI=1S/C20H23ClN6O2/c1-25-19-17(10-23-25)20(29)27(13-22-19)12-18(28)24-16-6-8-26(9-7-16)11-14-2-4-15(21)5-3-14/h2-5,10,13,16H,6-9,11-12H2,1H3,(H,24,28). The van der Waals surface area contributed by atoms with Crippen LogP contribution in [-0.2, 0) is 24.9 Å². The summed E-state index contributed by atoms with van der Waals surface area (Å²) < 4.78 is 2.87. The number of aromatic nitrogens is 4. The summed E-state index contributed by atoms with van der Waals surface area (Å²) in [5.74, 6) is -0.173. The van der Waals surface area contributed by atoms with E-state index in [1.807, 2.05) is 24.3 Å². The highest BCUT2D eigenvalue weighted by Crippen LogP contribution is 2.16. The van der Waals surface area contributed by atoms with Gasteiger partial charge in [-0.2, -0.15) is 5.10 Å². The van der Waals surface area contributed by atoms with Gasteiger partial charge < -0.3 is 5.32 Å². The van der Waals surface area contributed by atoms with Crippen molar-refractivity contribution in [2.75, 3.05) is 13.1 Å². The fraction of sp³-hybridized carbons (Fsp3) is 0.400. The number of rotatable bonds is 5. The van der Waals surface area contributed by atoms with Gasteiger partial charge in [-0.15, -0.1) is 0 Å². The molecule has 3 heterocycles. The van der Waals surface area contributed by atoms with Crippen LogP contribution in [0.15, 0.2) is 41.6 Å². The first-order valence-electron chi connectivity index (χ1n) is 9.63. The van der Waals surface area contributed by atoms with Crippen molar-refractivity contribution < 1.29 is 4.79 Å². The molecule has 9 heteroatoms. The van der Waals surface area contributed by atoms with Crippen molar-refractivity contribution in [2.24, 2.45) is 7.05 Å². The first kappa shape index (κ1) is 19.6. The van der Waals surface area contributed by atoms with E-state index in [1.54, 1.807) is 11.7 Å². The van der Waals surface area contributed by atoms with Crippen LogP contribution in [0.25, 0.3) is 11.0 Å². The minimum Gasteiger partial charge on any atom is -0.352 e. The van der Waals surface area contributed by atoms with Gasteiger partial charge in [0.25, 0.3) is 5.56 Å². The molecule has 3 aromatic rings. The van der Waals surface area contributed by atoms with Crippen molar-refractivity contribution in [3.05, 3.63) is 57.7 Å². The third kappa shape index (κ3) is 4.49. The summed E-state index contributed by atoms with van der Waals surface area (Å²) in [5, 5.41) is 8.25. The van der Waals surface area contributed by atoms with E-state index in [0.717, 1.165) is 37.5 Å². The summed E-state index contributed by atoms with van der Waals surface area (Å²) >= 11 is 5.94. The van der Waals surface area contributed by atoms with Crippen LogP contribution in [0, 0.1) is 0 Å². The highest BCUT2D eigenvalue weighted by Gasteiger charge is 2.21. The normalized spacial score (nSPS) is 15.7. The molecule has 1 aliphatic rings. The maximum Gasteiger partial charge on any atom is 0.264 e. The molecule has 152 valence electrons. The Morgan fingerprint density at radius 2 is 1.97 bits per heavy atom. The number of fused-ring (bicyclic) bond motifs is 1. The molecule has 29 heavy (non-hydrogen) atoms. The lowest BCUT2D eigenvalue weighted by molar-refractivity contribution is -0.122. The predicted octanol–water partition coefficient (Wildman–Crippen LogP) is 1.56. The van der Waals surface area contributed by atoms with Gasteiger partial charge in [0.15, 0.2) is 5.65 Å². The van der Waals surface area contributed by atoms with Crippen LogP contribution in [-0.4, -0.2) is 49.3 Å². The summed E-state index contributed by atoms with van der Waals surface area (Å²) in [6.07, 6.45) is 4.65. The molecule has 0 saturated carbocycles. The fourth-order valence-corrected chi connectivity index (χ4v) is 3.82. The molecule has 1 aromatic carbocycles. The smallest absolute Gasteiger partial charge is 0.264 e. The molecule has 1 aliphatic heterocycles. The maximum absolute atomic E-state index is 12.5. The number of carbonyl (C=O) groups excluding carboxylic acids is 1. The highest BCUT2D eigenvalue weighted by atomic mass is 35.5. The number of carbonyl (C=O) groups is 1. The minimum absolute atomic E-state index is 0.0400. The number of amides is 1. The lowest BCUT2D eigenvalue weighted by Gasteiger charge is -2.32. The van der Waals surface area contributed by atoms with E-state index < -0.39 is 0 Å². The van der Waals surface area contributed by atoms with Gasteiger partial charge in [0.05, 0.1) is 6.20 Å². The van der Waals surface area contributed by atoms with E-state index in [0.29, 0.717) is 11.0 Å². The maximum atomic E-state index is 12.5. The summed E-state index contributed by atoms with van der Waals surface area (Å²) in [6.45, 7) is 2.67. The first-order valence-corrected chi connectivity index (χ1v) is 10.0. The number of hydrogen-bond acceptors (Lipinski definition) is 5. The molecular formula is C20H23ClN6O2. The molecule has 8 nitrogen and oxygen atoms in total. The van der Waals surface area contributed by atoms with Crippen LogP contribution in [0.5, 0.6) is 0 Å². The molecule has 0 atom stereocenters. The number of nitrogens with zero attached hydrogens (tertiary/aromatic N) is 5. The molecule has 0 radical (unpaired) electrons. The van der Waals surface area contributed by atoms with Gasteiger partial charge in [0, 0.05) is 37.7 Å². The summed E-state index contributed by atoms with van der Waals surface area (Å²) in [7, 11) is 1.73. The van der Waals surface area contributed by atoms with Crippen molar-refractivity contribution in [1.82, 2.24) is 29.5 Å². The predicted molar refractivity (Wildman–Crippen MR) is 111 cm³/mol. The molecule has 2 aromatic heterocycles. The highest BCUT2D eigenvalue weighted by molar-refractivity contribution is 6.30. The van der Waals surface area contributed by atoms with E-state index >= 15 is 0 Å². The number of halogens is 1. The number of benzene rings is 1. The van der Waals surface area contributed by atoms with E-state index in [9.17, 15) is 9.59 Å². The second-order valence-corrected chi connectivity index (χ2v) is 7.86. The Morgan fingerprint density at radius 1 is 1.24 bits per heavy atom. The Kier molecular flexibility index (Phi) is 5.64. The quantitative estimate of drug-likeness (QED) is 0.685. The summed E-state index contributed by atoms with van der Waals surface area (Å²) in [5.41, 5.74) is 1.49. The molecule has 1 N–H and O–H groups in total. The summed E-state index contributed by atoms with van der Waals surface area (Å²) in [4.78, 5) is 31.5. The molecule has 0 bridgehead atoms. The molecular weight excluding hydrogens is 392 g/mol. The zero-order chi connectivity index (χ0) is 20.4. The van der Waals surface area contributed by atoms with Crippen molar-refractivity contribution in [3.8, 4) is 0 Å². The van der Waals surface area contributed by atoms with Gasteiger partial charge in [-0.05, 0) is 30.5 Å². The topological polar surface area (TPSA) is 85.0 Å². The minimum atomic E-state index is -0.254. The Hall–Kier alpha value is -2.71. The Morgan fingerprint density at radius 3 is 2.69 bits per heavy atom. The zero-order valence-electron chi connectivity index (χ0n) is 16.2. The molecule has 4 rings (SSSR count). The van der Waals surface area contributed by atoms with Crippen molar-refractivity contribution in [2.45, 2.75) is 32.0 Å². The van der Waals surface area contributed by atoms with Crippen molar-refractivity contribution >= 4 is 28.5 Å². The van der Waals surface area contributed by atoms with E-state index in [-0.39, 0.29) is 24.1 Å². The van der Waals surface area contributed by atoms with E-state index in [1.165, 1.54) is 22.7 Å². The van der Waals surface area contributed by atoms with E-state index in [4.69, 9.17) is 11.6 Å². The van der Waals surface area contributed by atoms with Crippen LogP contribution in [0.3, 0.4) is 0 Å². The number of hydrogen-bond donors (Lipinski definition) is 1.